The van der Waals surface area contributed by atoms with Crippen LogP contribution in [0.3, 0.4) is 0 Å². The van der Waals surface area contributed by atoms with Gasteiger partial charge in [-0.25, -0.2) is 9.37 Å². The fourth-order valence-electron chi connectivity index (χ4n) is 2.65. The molecule has 0 unspecified atom stereocenters. The van der Waals surface area contributed by atoms with Gasteiger partial charge in [-0.3, -0.25) is 4.79 Å². The number of nitrogens with one attached hydrogen (secondary N) is 2. The molecule has 1 heterocycles. The number of nitrogens with zero attached hydrogens (tertiary/aromatic N) is 1. The van der Waals surface area contributed by atoms with E-state index >= 15 is 0 Å². The Morgan fingerprint density at radius 3 is 2.57 bits per heavy atom. The molecule has 3 rings (SSSR count). The Labute approximate surface area is 162 Å². The molecular formula is C21H20FN3O3. The van der Waals surface area contributed by atoms with Gasteiger partial charge < -0.3 is 20.1 Å². The summed E-state index contributed by atoms with van der Waals surface area (Å²) in [4.78, 5) is 16.8. The lowest BCUT2D eigenvalue weighted by atomic mass is 10.2. The van der Waals surface area contributed by atoms with Crippen molar-refractivity contribution < 1.29 is 18.7 Å². The SMILES string of the molecule is COc1ccc(CNC(=O)c2cccnc2Nc2ccccc2F)cc1OC. The van der Waals surface area contributed by atoms with Gasteiger partial charge in [0.1, 0.15) is 11.6 Å². The summed E-state index contributed by atoms with van der Waals surface area (Å²) in [7, 11) is 3.11. The van der Waals surface area contributed by atoms with Gasteiger partial charge in [-0.15, -0.1) is 0 Å². The molecule has 144 valence electrons. The van der Waals surface area contributed by atoms with E-state index in [9.17, 15) is 9.18 Å². The lowest BCUT2D eigenvalue weighted by molar-refractivity contribution is 0.0951. The average Bonchev–Trinajstić information content (AvgIpc) is 2.73. The number of ether oxygens (including phenoxy) is 2. The number of carbonyl (C=O) groups excluding carboxylic acids is 1. The standard InChI is InChI=1S/C21H20FN3O3/c1-27-18-10-9-14(12-19(18)28-2)13-24-21(26)15-6-5-11-23-20(15)25-17-8-4-3-7-16(17)22/h3-12H,13H2,1-2H3,(H,23,25)(H,24,26). The van der Waals surface area contributed by atoms with Gasteiger partial charge >= 0.3 is 0 Å². The third kappa shape index (κ3) is 4.37. The number of anilines is 2. The molecule has 1 aromatic heterocycles. The molecule has 0 spiro atoms. The predicted molar refractivity (Wildman–Crippen MR) is 105 cm³/mol. The summed E-state index contributed by atoms with van der Waals surface area (Å²) in [5, 5.41) is 5.71. The highest BCUT2D eigenvalue weighted by Crippen LogP contribution is 2.27. The van der Waals surface area contributed by atoms with Crippen molar-refractivity contribution >= 4 is 17.4 Å². The van der Waals surface area contributed by atoms with E-state index in [0.29, 0.717) is 17.1 Å². The summed E-state index contributed by atoms with van der Waals surface area (Å²) >= 11 is 0. The lowest BCUT2D eigenvalue weighted by Gasteiger charge is -2.13. The fourth-order valence-corrected chi connectivity index (χ4v) is 2.65. The van der Waals surface area contributed by atoms with Gasteiger partial charge in [-0.2, -0.15) is 0 Å². The maximum absolute atomic E-state index is 13.9. The van der Waals surface area contributed by atoms with E-state index in [4.69, 9.17) is 9.47 Å². The maximum atomic E-state index is 13.9. The van der Waals surface area contributed by atoms with Crippen LogP contribution in [0.4, 0.5) is 15.9 Å². The van der Waals surface area contributed by atoms with Crippen molar-refractivity contribution in [3.63, 3.8) is 0 Å². The number of amides is 1. The smallest absolute Gasteiger partial charge is 0.255 e. The van der Waals surface area contributed by atoms with Gasteiger partial charge in [0.15, 0.2) is 11.5 Å². The zero-order valence-corrected chi connectivity index (χ0v) is 15.5. The van der Waals surface area contributed by atoms with Gasteiger partial charge in [0.25, 0.3) is 5.91 Å². The van der Waals surface area contributed by atoms with Crippen molar-refractivity contribution in [1.82, 2.24) is 10.3 Å². The minimum atomic E-state index is -0.426. The summed E-state index contributed by atoms with van der Waals surface area (Å²) < 4.78 is 24.4. The molecule has 0 radical (unpaired) electrons. The molecule has 0 aliphatic rings. The largest absolute Gasteiger partial charge is 0.493 e. The first-order valence-electron chi connectivity index (χ1n) is 8.58. The molecule has 2 aromatic carbocycles. The number of carbonyl (C=O) groups is 1. The molecule has 1 amide bonds. The molecular weight excluding hydrogens is 361 g/mol. The second-order valence-electron chi connectivity index (χ2n) is 5.88. The highest BCUT2D eigenvalue weighted by atomic mass is 19.1. The van der Waals surface area contributed by atoms with Crippen molar-refractivity contribution in [2.24, 2.45) is 0 Å². The molecule has 0 aliphatic heterocycles. The fraction of sp³-hybridized carbons (Fsp3) is 0.143. The van der Waals surface area contributed by atoms with Crippen LogP contribution in [0, 0.1) is 5.82 Å². The summed E-state index contributed by atoms with van der Waals surface area (Å²) in [5.41, 5.74) is 1.40. The summed E-state index contributed by atoms with van der Waals surface area (Å²) in [6, 6.07) is 14.9. The van der Waals surface area contributed by atoms with Crippen molar-refractivity contribution in [1.29, 1.82) is 0 Å². The minimum Gasteiger partial charge on any atom is -0.493 e. The number of hydrogen-bond acceptors (Lipinski definition) is 5. The van der Waals surface area contributed by atoms with E-state index in [2.05, 4.69) is 15.6 Å². The first-order chi connectivity index (χ1) is 13.6. The Hall–Kier alpha value is -3.61. The van der Waals surface area contributed by atoms with E-state index in [0.717, 1.165) is 5.56 Å². The van der Waals surface area contributed by atoms with Crippen LogP contribution in [0.1, 0.15) is 15.9 Å². The summed E-state index contributed by atoms with van der Waals surface area (Å²) in [5.74, 6) is 0.711. The molecule has 6 nitrogen and oxygen atoms in total. The third-order valence-corrected chi connectivity index (χ3v) is 4.08. The van der Waals surface area contributed by atoms with Crippen LogP contribution in [-0.2, 0) is 6.54 Å². The van der Waals surface area contributed by atoms with Crippen LogP contribution in [0.5, 0.6) is 11.5 Å². The van der Waals surface area contributed by atoms with E-state index in [-0.39, 0.29) is 24.0 Å². The highest BCUT2D eigenvalue weighted by Gasteiger charge is 2.14. The molecule has 0 saturated carbocycles. The summed E-state index contributed by atoms with van der Waals surface area (Å²) in [6.45, 7) is 0.285. The Morgan fingerprint density at radius 2 is 1.82 bits per heavy atom. The van der Waals surface area contributed by atoms with Crippen LogP contribution in [0.15, 0.2) is 60.8 Å². The second-order valence-corrected chi connectivity index (χ2v) is 5.88. The van der Waals surface area contributed by atoms with E-state index in [1.807, 2.05) is 6.07 Å². The van der Waals surface area contributed by atoms with E-state index < -0.39 is 5.82 Å². The lowest BCUT2D eigenvalue weighted by Crippen LogP contribution is -2.24. The normalized spacial score (nSPS) is 10.2. The predicted octanol–water partition coefficient (Wildman–Crippen LogP) is 3.91. The number of aromatic nitrogens is 1. The molecule has 0 aliphatic carbocycles. The molecule has 0 atom stereocenters. The number of methoxy groups -OCH3 is 2. The van der Waals surface area contributed by atoms with Crippen LogP contribution in [0.25, 0.3) is 0 Å². The number of halogens is 1. The molecule has 0 saturated heterocycles. The molecule has 2 N–H and O–H groups in total. The Morgan fingerprint density at radius 1 is 1.04 bits per heavy atom. The zero-order chi connectivity index (χ0) is 19.9. The first kappa shape index (κ1) is 19.2. The van der Waals surface area contributed by atoms with Gasteiger partial charge in [0.2, 0.25) is 0 Å². The molecule has 7 heteroatoms. The molecule has 28 heavy (non-hydrogen) atoms. The monoisotopic (exact) mass is 381 g/mol. The number of benzene rings is 2. The van der Waals surface area contributed by atoms with Crippen molar-refractivity contribution in [2.45, 2.75) is 6.54 Å². The molecule has 3 aromatic rings. The first-order valence-corrected chi connectivity index (χ1v) is 8.58. The minimum absolute atomic E-state index is 0.246. The average molecular weight is 381 g/mol. The quantitative estimate of drug-likeness (QED) is 0.649. The van der Waals surface area contributed by atoms with Gasteiger partial charge in [0, 0.05) is 12.7 Å². The van der Waals surface area contributed by atoms with Crippen molar-refractivity contribution in [3.8, 4) is 11.5 Å². The van der Waals surface area contributed by atoms with Crippen LogP contribution in [-0.4, -0.2) is 25.1 Å². The summed E-state index contributed by atoms with van der Waals surface area (Å²) in [6.07, 6.45) is 1.54. The molecule has 0 bridgehead atoms. The Kier molecular flexibility index (Phi) is 6.06. The maximum Gasteiger partial charge on any atom is 0.255 e. The van der Waals surface area contributed by atoms with Crippen LogP contribution in [0.2, 0.25) is 0 Å². The Balaban J connectivity index is 1.74. The topological polar surface area (TPSA) is 72.5 Å². The van der Waals surface area contributed by atoms with Crippen molar-refractivity contribution in [2.75, 3.05) is 19.5 Å². The zero-order valence-electron chi connectivity index (χ0n) is 15.5. The van der Waals surface area contributed by atoms with E-state index in [1.165, 1.54) is 12.3 Å². The second kappa shape index (κ2) is 8.85. The van der Waals surface area contributed by atoms with Gasteiger partial charge in [0.05, 0.1) is 25.5 Å². The van der Waals surface area contributed by atoms with E-state index in [1.54, 1.807) is 56.7 Å². The molecule has 0 fully saturated rings. The van der Waals surface area contributed by atoms with Crippen LogP contribution < -0.4 is 20.1 Å². The van der Waals surface area contributed by atoms with Gasteiger partial charge in [-0.1, -0.05) is 18.2 Å². The van der Waals surface area contributed by atoms with Crippen molar-refractivity contribution in [3.05, 3.63) is 77.7 Å². The number of para-hydroxylation sites is 1. The van der Waals surface area contributed by atoms with Crippen LogP contribution >= 0.6 is 0 Å². The number of rotatable bonds is 7. The van der Waals surface area contributed by atoms with Gasteiger partial charge in [-0.05, 0) is 42.0 Å². The Bertz CT molecular complexity index is 979. The highest BCUT2D eigenvalue weighted by molar-refractivity contribution is 5.99. The number of hydrogen-bond donors (Lipinski definition) is 2. The number of pyridine rings is 1. The third-order valence-electron chi connectivity index (χ3n) is 4.08.